The van der Waals surface area contributed by atoms with Crippen LogP contribution in [0, 0.1) is 0 Å². The zero-order chi connectivity index (χ0) is 17.5. The van der Waals surface area contributed by atoms with Crippen molar-refractivity contribution in [3.63, 3.8) is 0 Å². The fourth-order valence-electron chi connectivity index (χ4n) is 2.35. The standard InChI is InChI=1S/C19H21Cl2NO2/c1-3-5-11-24-18-16(20)12-14(13-17(18)21)19(23)22(4-2)15-9-7-6-8-10-15/h6-10,12-13H,3-5,11H2,1-2H3. The first-order valence-electron chi connectivity index (χ1n) is 8.07. The molecule has 0 atom stereocenters. The summed E-state index contributed by atoms with van der Waals surface area (Å²) in [6.45, 7) is 5.11. The van der Waals surface area contributed by atoms with Crippen LogP contribution >= 0.6 is 23.2 Å². The van der Waals surface area contributed by atoms with E-state index in [0.29, 0.717) is 34.5 Å². The number of ether oxygens (including phenoxy) is 1. The number of halogens is 2. The van der Waals surface area contributed by atoms with Gasteiger partial charge in [-0.3, -0.25) is 4.79 Å². The molecule has 3 nitrogen and oxygen atoms in total. The van der Waals surface area contributed by atoms with Crippen molar-refractivity contribution < 1.29 is 9.53 Å². The number of amides is 1. The van der Waals surface area contributed by atoms with Crippen LogP contribution in [0.4, 0.5) is 5.69 Å². The zero-order valence-corrected chi connectivity index (χ0v) is 15.4. The molecular weight excluding hydrogens is 345 g/mol. The second-order valence-electron chi connectivity index (χ2n) is 5.36. The predicted octanol–water partition coefficient (Wildman–Crippen LogP) is 5.84. The molecule has 0 saturated heterocycles. The number of para-hydroxylation sites is 1. The van der Waals surface area contributed by atoms with Crippen LogP contribution in [0.25, 0.3) is 0 Å². The maximum Gasteiger partial charge on any atom is 0.258 e. The van der Waals surface area contributed by atoms with Crippen molar-refractivity contribution in [1.82, 2.24) is 0 Å². The molecule has 1 amide bonds. The monoisotopic (exact) mass is 365 g/mol. The van der Waals surface area contributed by atoms with Gasteiger partial charge in [0, 0.05) is 17.8 Å². The van der Waals surface area contributed by atoms with Gasteiger partial charge in [-0.2, -0.15) is 0 Å². The lowest BCUT2D eigenvalue weighted by Gasteiger charge is -2.21. The maximum atomic E-state index is 12.8. The van der Waals surface area contributed by atoms with Gasteiger partial charge in [0.1, 0.15) is 0 Å². The van der Waals surface area contributed by atoms with Crippen LogP contribution in [0.15, 0.2) is 42.5 Å². The van der Waals surface area contributed by atoms with E-state index in [-0.39, 0.29) is 5.91 Å². The van der Waals surface area contributed by atoms with Gasteiger partial charge >= 0.3 is 0 Å². The predicted molar refractivity (Wildman–Crippen MR) is 101 cm³/mol. The molecule has 0 aliphatic rings. The summed E-state index contributed by atoms with van der Waals surface area (Å²) in [7, 11) is 0. The minimum Gasteiger partial charge on any atom is -0.490 e. The Kier molecular flexibility index (Phi) is 6.95. The third-order valence-corrected chi connectivity index (χ3v) is 4.18. The number of unbranched alkanes of at least 4 members (excludes halogenated alkanes) is 1. The second-order valence-corrected chi connectivity index (χ2v) is 6.17. The van der Waals surface area contributed by atoms with Crippen LogP contribution in [0.2, 0.25) is 10.0 Å². The molecule has 0 N–H and O–H groups in total. The number of rotatable bonds is 7. The summed E-state index contributed by atoms with van der Waals surface area (Å²) < 4.78 is 5.63. The van der Waals surface area contributed by atoms with Gasteiger partial charge in [0.25, 0.3) is 5.91 Å². The quantitative estimate of drug-likeness (QED) is 0.576. The number of hydrogen-bond donors (Lipinski definition) is 0. The molecule has 0 unspecified atom stereocenters. The Balaban J connectivity index is 2.26. The van der Waals surface area contributed by atoms with Crippen molar-refractivity contribution in [1.29, 1.82) is 0 Å². The summed E-state index contributed by atoms with van der Waals surface area (Å²) in [5, 5.41) is 0.706. The largest absolute Gasteiger partial charge is 0.490 e. The lowest BCUT2D eigenvalue weighted by atomic mass is 10.1. The van der Waals surface area contributed by atoms with Gasteiger partial charge in [-0.05, 0) is 37.6 Å². The number of benzene rings is 2. The normalized spacial score (nSPS) is 10.5. The Morgan fingerprint density at radius 3 is 2.25 bits per heavy atom. The van der Waals surface area contributed by atoms with Gasteiger partial charge in [-0.15, -0.1) is 0 Å². The molecule has 0 saturated carbocycles. The van der Waals surface area contributed by atoms with Crippen molar-refractivity contribution >= 4 is 34.8 Å². The first kappa shape index (κ1) is 18.6. The molecule has 2 aromatic carbocycles. The molecule has 0 fully saturated rings. The molecule has 0 aliphatic carbocycles. The Morgan fingerprint density at radius 1 is 1.08 bits per heavy atom. The molecule has 2 rings (SSSR count). The van der Waals surface area contributed by atoms with E-state index in [1.54, 1.807) is 17.0 Å². The van der Waals surface area contributed by atoms with E-state index in [1.165, 1.54) is 0 Å². The average Bonchev–Trinajstić information content (AvgIpc) is 2.58. The number of carbonyl (C=O) groups excluding carboxylic acids is 1. The van der Waals surface area contributed by atoms with Crippen LogP contribution < -0.4 is 9.64 Å². The van der Waals surface area contributed by atoms with Gasteiger partial charge in [-0.25, -0.2) is 0 Å². The van der Waals surface area contributed by atoms with E-state index < -0.39 is 0 Å². The van der Waals surface area contributed by atoms with E-state index in [4.69, 9.17) is 27.9 Å². The third kappa shape index (κ3) is 4.43. The molecule has 5 heteroatoms. The lowest BCUT2D eigenvalue weighted by molar-refractivity contribution is 0.0988. The third-order valence-electron chi connectivity index (χ3n) is 3.62. The SMILES string of the molecule is CCCCOc1c(Cl)cc(C(=O)N(CC)c2ccccc2)cc1Cl. The number of nitrogens with zero attached hydrogens (tertiary/aromatic N) is 1. The van der Waals surface area contributed by atoms with E-state index in [9.17, 15) is 4.79 Å². The lowest BCUT2D eigenvalue weighted by Crippen LogP contribution is -2.30. The van der Waals surface area contributed by atoms with Gasteiger partial charge in [0.15, 0.2) is 5.75 Å². The van der Waals surface area contributed by atoms with Crippen molar-refractivity contribution in [3.05, 3.63) is 58.1 Å². The highest BCUT2D eigenvalue weighted by Crippen LogP contribution is 2.35. The fourth-order valence-corrected chi connectivity index (χ4v) is 2.94. The number of anilines is 1. The molecule has 0 radical (unpaired) electrons. The number of carbonyl (C=O) groups is 1. The summed E-state index contributed by atoms with van der Waals surface area (Å²) in [5.74, 6) is 0.290. The van der Waals surface area contributed by atoms with Crippen molar-refractivity contribution in [2.75, 3.05) is 18.1 Å². The van der Waals surface area contributed by atoms with Gasteiger partial charge < -0.3 is 9.64 Å². The van der Waals surface area contributed by atoms with E-state index in [0.717, 1.165) is 18.5 Å². The summed E-state index contributed by atoms with van der Waals surface area (Å²) in [6, 6.07) is 12.7. The number of hydrogen-bond acceptors (Lipinski definition) is 2. The summed E-state index contributed by atoms with van der Waals surface area (Å²) in [5.41, 5.74) is 1.28. The second kappa shape index (κ2) is 8.95. The van der Waals surface area contributed by atoms with Crippen LogP contribution in [0.5, 0.6) is 5.75 Å². The van der Waals surface area contributed by atoms with Crippen molar-refractivity contribution in [3.8, 4) is 5.75 Å². The zero-order valence-electron chi connectivity index (χ0n) is 13.9. The summed E-state index contributed by atoms with van der Waals surface area (Å²) >= 11 is 12.5. The summed E-state index contributed by atoms with van der Waals surface area (Å²) in [4.78, 5) is 14.5. The minimum atomic E-state index is -0.146. The van der Waals surface area contributed by atoms with Crippen LogP contribution in [0.3, 0.4) is 0 Å². The van der Waals surface area contributed by atoms with Gasteiger partial charge in [0.2, 0.25) is 0 Å². The smallest absolute Gasteiger partial charge is 0.258 e. The Bertz CT molecular complexity index is 666. The van der Waals surface area contributed by atoms with Crippen LogP contribution in [-0.4, -0.2) is 19.1 Å². The van der Waals surface area contributed by atoms with E-state index in [1.807, 2.05) is 37.3 Å². The van der Waals surface area contributed by atoms with Crippen LogP contribution in [-0.2, 0) is 0 Å². The average molecular weight is 366 g/mol. The van der Waals surface area contributed by atoms with Gasteiger partial charge in [-0.1, -0.05) is 54.7 Å². The maximum absolute atomic E-state index is 12.8. The first-order chi connectivity index (χ1) is 11.6. The Labute approximate surface area is 153 Å². The first-order valence-corrected chi connectivity index (χ1v) is 8.82. The van der Waals surface area contributed by atoms with E-state index >= 15 is 0 Å². The Hall–Kier alpha value is -1.71. The molecule has 128 valence electrons. The van der Waals surface area contributed by atoms with E-state index in [2.05, 4.69) is 6.92 Å². The topological polar surface area (TPSA) is 29.5 Å². The summed E-state index contributed by atoms with van der Waals surface area (Å²) in [6.07, 6.45) is 1.94. The molecule has 0 spiro atoms. The highest BCUT2D eigenvalue weighted by Gasteiger charge is 2.19. The van der Waals surface area contributed by atoms with Crippen molar-refractivity contribution in [2.24, 2.45) is 0 Å². The Morgan fingerprint density at radius 2 is 1.71 bits per heavy atom. The molecule has 0 aliphatic heterocycles. The van der Waals surface area contributed by atoms with Gasteiger partial charge in [0.05, 0.1) is 16.7 Å². The molecule has 24 heavy (non-hydrogen) atoms. The highest BCUT2D eigenvalue weighted by molar-refractivity contribution is 6.37. The molecule has 2 aromatic rings. The molecule has 0 aromatic heterocycles. The fraction of sp³-hybridized carbons (Fsp3) is 0.316. The molecular formula is C19H21Cl2NO2. The molecule has 0 heterocycles. The molecule has 0 bridgehead atoms. The van der Waals surface area contributed by atoms with Crippen molar-refractivity contribution in [2.45, 2.75) is 26.7 Å². The van der Waals surface area contributed by atoms with Crippen LogP contribution in [0.1, 0.15) is 37.0 Å². The minimum absolute atomic E-state index is 0.146. The highest BCUT2D eigenvalue weighted by atomic mass is 35.5.